The Bertz CT molecular complexity index is 1620. The first-order valence-corrected chi connectivity index (χ1v) is 14.8. The molecular formula is C36H37NO7. The Hall–Kier alpha value is -4.98. The van der Waals surface area contributed by atoms with E-state index < -0.39 is 17.7 Å². The Kier molecular flexibility index (Phi) is 9.69. The Morgan fingerprint density at radius 2 is 1.75 bits per heavy atom. The Morgan fingerprint density at radius 3 is 2.45 bits per heavy atom. The highest BCUT2D eigenvalue weighted by Gasteiger charge is 2.46. The van der Waals surface area contributed by atoms with Gasteiger partial charge in [-0.15, -0.1) is 0 Å². The van der Waals surface area contributed by atoms with Crippen LogP contribution < -0.4 is 14.2 Å². The third-order valence-electron chi connectivity index (χ3n) is 7.57. The van der Waals surface area contributed by atoms with E-state index in [1.165, 1.54) is 11.2 Å². The molecule has 0 bridgehead atoms. The highest BCUT2D eigenvalue weighted by Crippen LogP contribution is 2.43. The number of aliphatic hydroxyl groups is 1. The van der Waals surface area contributed by atoms with E-state index >= 15 is 0 Å². The van der Waals surface area contributed by atoms with Crippen LogP contribution in [0.2, 0.25) is 0 Å². The maximum Gasteiger partial charge on any atom is 0.296 e. The molecule has 1 aliphatic rings. The van der Waals surface area contributed by atoms with Crippen LogP contribution in [0.25, 0.3) is 5.76 Å². The Balaban J connectivity index is 1.47. The molecule has 1 atom stereocenters. The third kappa shape index (κ3) is 6.80. The molecule has 4 aromatic rings. The largest absolute Gasteiger partial charge is 0.507 e. The summed E-state index contributed by atoms with van der Waals surface area (Å²) in [6.07, 6.45) is 4.57. The lowest BCUT2D eigenvalue weighted by Crippen LogP contribution is -2.29. The molecule has 1 fully saturated rings. The summed E-state index contributed by atoms with van der Waals surface area (Å²) in [7, 11) is 1.54. The van der Waals surface area contributed by atoms with Gasteiger partial charge in [0, 0.05) is 5.56 Å². The summed E-state index contributed by atoms with van der Waals surface area (Å²) >= 11 is 0. The van der Waals surface area contributed by atoms with Crippen LogP contribution in [0.1, 0.15) is 60.2 Å². The predicted molar refractivity (Wildman–Crippen MR) is 167 cm³/mol. The van der Waals surface area contributed by atoms with Crippen LogP contribution in [0.3, 0.4) is 0 Å². The number of Topliss-reactive ketones (excluding diaryl/α,β-unsaturated/α-hetero) is 1. The summed E-state index contributed by atoms with van der Waals surface area (Å²) in [4.78, 5) is 28.3. The molecule has 0 radical (unpaired) electrons. The summed E-state index contributed by atoms with van der Waals surface area (Å²) < 4.78 is 23.0. The number of aryl methyl sites for hydroxylation is 1. The number of ether oxygens (including phenoxy) is 3. The number of hydrogen-bond acceptors (Lipinski definition) is 7. The summed E-state index contributed by atoms with van der Waals surface area (Å²) in [6.45, 7) is 5.14. The van der Waals surface area contributed by atoms with Crippen LogP contribution in [0.15, 0.2) is 95.1 Å². The van der Waals surface area contributed by atoms with E-state index in [1.807, 2.05) is 25.1 Å². The lowest BCUT2D eigenvalue weighted by Gasteiger charge is -2.25. The van der Waals surface area contributed by atoms with Crippen molar-refractivity contribution in [2.75, 3.05) is 13.7 Å². The van der Waals surface area contributed by atoms with E-state index in [9.17, 15) is 14.7 Å². The van der Waals surface area contributed by atoms with Gasteiger partial charge < -0.3 is 28.6 Å². The van der Waals surface area contributed by atoms with Crippen molar-refractivity contribution in [2.24, 2.45) is 0 Å². The number of methoxy groups -OCH3 is 1. The molecule has 2 heterocycles. The second kappa shape index (κ2) is 14.0. The average molecular weight is 596 g/mol. The number of benzene rings is 3. The second-order valence-electron chi connectivity index (χ2n) is 10.8. The van der Waals surface area contributed by atoms with Crippen LogP contribution in [-0.2, 0) is 22.7 Å². The first-order chi connectivity index (χ1) is 21.4. The highest BCUT2D eigenvalue weighted by atomic mass is 16.5. The van der Waals surface area contributed by atoms with Crippen LogP contribution in [-0.4, -0.2) is 35.4 Å². The van der Waals surface area contributed by atoms with Crippen molar-refractivity contribution >= 4 is 17.4 Å². The number of carbonyl (C=O) groups is 2. The molecule has 44 heavy (non-hydrogen) atoms. The molecule has 228 valence electrons. The molecule has 1 amide bonds. The normalized spacial score (nSPS) is 15.9. The van der Waals surface area contributed by atoms with Crippen molar-refractivity contribution in [3.05, 3.63) is 119 Å². The van der Waals surface area contributed by atoms with Crippen LogP contribution >= 0.6 is 0 Å². The molecular weight excluding hydrogens is 558 g/mol. The van der Waals surface area contributed by atoms with E-state index in [2.05, 4.69) is 13.0 Å². The van der Waals surface area contributed by atoms with Gasteiger partial charge in [0.1, 0.15) is 23.9 Å². The van der Waals surface area contributed by atoms with E-state index in [4.69, 9.17) is 18.6 Å². The first-order valence-electron chi connectivity index (χ1n) is 14.8. The number of amides is 1. The fourth-order valence-electron chi connectivity index (χ4n) is 5.30. The lowest BCUT2D eigenvalue weighted by atomic mass is 9.95. The van der Waals surface area contributed by atoms with Gasteiger partial charge in [-0.1, -0.05) is 55.7 Å². The minimum atomic E-state index is -0.889. The van der Waals surface area contributed by atoms with Gasteiger partial charge in [-0.3, -0.25) is 9.59 Å². The molecule has 0 saturated carbocycles. The van der Waals surface area contributed by atoms with Crippen LogP contribution in [0, 0.1) is 6.92 Å². The molecule has 1 saturated heterocycles. The molecule has 1 aromatic heterocycles. The summed E-state index contributed by atoms with van der Waals surface area (Å²) in [5, 5.41) is 11.5. The van der Waals surface area contributed by atoms with Crippen molar-refractivity contribution in [3.8, 4) is 17.2 Å². The number of unbranched alkanes of at least 4 members (excludes halogenated alkanes) is 2. The van der Waals surface area contributed by atoms with Crippen molar-refractivity contribution in [1.29, 1.82) is 0 Å². The van der Waals surface area contributed by atoms with Crippen LogP contribution in [0.5, 0.6) is 17.2 Å². The number of nitrogens with zero attached hydrogens (tertiary/aromatic N) is 1. The summed E-state index contributed by atoms with van der Waals surface area (Å²) in [5.74, 6) is 0.364. The second-order valence-corrected chi connectivity index (χ2v) is 10.8. The number of aliphatic hydroxyl groups excluding tert-OH is 1. The number of likely N-dealkylation sites (tertiary alicyclic amines) is 1. The van der Waals surface area contributed by atoms with Crippen LogP contribution in [0.4, 0.5) is 0 Å². The molecule has 1 aliphatic heterocycles. The van der Waals surface area contributed by atoms with Gasteiger partial charge in [-0.25, -0.2) is 0 Å². The smallest absolute Gasteiger partial charge is 0.296 e. The standard InChI is InChI=1S/C36H37NO7/c1-4-5-6-18-43-30-17-14-27(21-31(30)41-3)33-32(35(39)36(40)37(33)22-29-11-8-19-42-29)34(38)26-12-15-28(16-13-26)44-23-25-10-7-9-24(2)20-25/h7-17,19-21,33,38H,4-6,18,22-23H2,1-3H3. The molecule has 1 unspecified atom stereocenters. The molecule has 1 N–H and O–H groups in total. The van der Waals surface area contributed by atoms with Crippen molar-refractivity contribution in [1.82, 2.24) is 4.90 Å². The van der Waals surface area contributed by atoms with Gasteiger partial charge in [0.25, 0.3) is 11.7 Å². The summed E-state index contributed by atoms with van der Waals surface area (Å²) in [5.41, 5.74) is 3.15. The SMILES string of the molecule is CCCCCOc1ccc(C2C(=C(O)c3ccc(OCc4cccc(C)c4)cc3)C(=O)C(=O)N2Cc2ccco2)cc1OC. The van der Waals surface area contributed by atoms with Crippen molar-refractivity contribution < 1.29 is 33.3 Å². The minimum Gasteiger partial charge on any atom is -0.507 e. The van der Waals surface area contributed by atoms with E-state index in [0.29, 0.717) is 47.3 Å². The molecule has 0 aliphatic carbocycles. The van der Waals surface area contributed by atoms with Gasteiger partial charge in [0.2, 0.25) is 0 Å². The average Bonchev–Trinajstić information content (AvgIpc) is 3.64. The zero-order valence-electron chi connectivity index (χ0n) is 25.2. The van der Waals surface area contributed by atoms with E-state index in [0.717, 1.165) is 30.4 Å². The zero-order chi connectivity index (χ0) is 31.1. The molecule has 3 aromatic carbocycles. The van der Waals surface area contributed by atoms with Crippen molar-refractivity contribution in [2.45, 2.75) is 52.3 Å². The first kappa shape index (κ1) is 30.5. The van der Waals surface area contributed by atoms with Gasteiger partial charge >= 0.3 is 0 Å². The number of furan rings is 1. The quantitative estimate of drug-likeness (QED) is 0.0746. The minimum absolute atomic E-state index is 0.0198. The number of ketones is 1. The van der Waals surface area contributed by atoms with Gasteiger partial charge in [-0.2, -0.15) is 0 Å². The zero-order valence-corrected chi connectivity index (χ0v) is 25.2. The Morgan fingerprint density at radius 1 is 0.932 bits per heavy atom. The van der Waals surface area contributed by atoms with Gasteiger partial charge in [0.05, 0.1) is 38.1 Å². The molecule has 0 spiro atoms. The molecule has 8 nitrogen and oxygen atoms in total. The topological polar surface area (TPSA) is 98.4 Å². The monoisotopic (exact) mass is 595 g/mol. The summed E-state index contributed by atoms with van der Waals surface area (Å²) in [6, 6.07) is 22.7. The van der Waals surface area contributed by atoms with Gasteiger partial charge in [0.15, 0.2) is 11.5 Å². The maximum absolute atomic E-state index is 13.5. The van der Waals surface area contributed by atoms with Gasteiger partial charge in [-0.05, 0) is 73.0 Å². The Labute approximate surface area is 257 Å². The predicted octanol–water partition coefficient (Wildman–Crippen LogP) is 7.37. The highest BCUT2D eigenvalue weighted by molar-refractivity contribution is 6.46. The van der Waals surface area contributed by atoms with Crippen molar-refractivity contribution in [3.63, 3.8) is 0 Å². The molecule has 5 rings (SSSR count). The maximum atomic E-state index is 13.5. The number of rotatable bonds is 13. The van der Waals surface area contributed by atoms with E-state index in [1.54, 1.807) is 61.7 Å². The fourth-order valence-corrected chi connectivity index (χ4v) is 5.30. The van der Waals surface area contributed by atoms with E-state index in [-0.39, 0.29) is 17.9 Å². The number of hydrogen-bond donors (Lipinski definition) is 1. The lowest BCUT2D eigenvalue weighted by molar-refractivity contribution is -0.140. The fraction of sp³-hybridized carbons (Fsp3) is 0.278. The number of carbonyl (C=O) groups excluding carboxylic acids is 2. The third-order valence-corrected chi connectivity index (χ3v) is 7.57. The molecule has 8 heteroatoms.